The van der Waals surface area contributed by atoms with Crippen LogP contribution in [0.25, 0.3) is 6.08 Å². The minimum atomic E-state index is 1.03. The van der Waals surface area contributed by atoms with Gasteiger partial charge in [0, 0.05) is 11.9 Å². The quantitative estimate of drug-likeness (QED) is 0.588. The molecule has 0 atom stereocenters. The van der Waals surface area contributed by atoms with Gasteiger partial charge in [-0.1, -0.05) is 30.3 Å². The van der Waals surface area contributed by atoms with E-state index in [1.54, 1.807) is 6.21 Å². The summed E-state index contributed by atoms with van der Waals surface area (Å²) in [6, 6.07) is 10.2. The lowest BCUT2D eigenvalue weighted by Gasteiger charge is -1.93. The third kappa shape index (κ3) is 2.70. The predicted octanol–water partition coefficient (Wildman–Crippen LogP) is 3.14. The van der Waals surface area contributed by atoms with Crippen molar-refractivity contribution in [1.82, 2.24) is 0 Å². The van der Waals surface area contributed by atoms with E-state index in [-0.39, 0.29) is 0 Å². The van der Waals surface area contributed by atoms with Crippen LogP contribution >= 0.6 is 0 Å². The van der Waals surface area contributed by atoms with Gasteiger partial charge in [0.25, 0.3) is 0 Å². The van der Waals surface area contributed by atoms with E-state index < -0.39 is 0 Å². The first-order valence-corrected chi connectivity index (χ1v) is 4.05. The van der Waals surface area contributed by atoms with Gasteiger partial charge in [-0.2, -0.15) is 0 Å². The summed E-state index contributed by atoms with van der Waals surface area (Å²) in [6.45, 7) is 3.91. The Hall–Kier alpha value is -1.37. The van der Waals surface area contributed by atoms with Gasteiger partial charge in [-0.05, 0) is 25.5 Å². The van der Waals surface area contributed by atoms with Crippen LogP contribution < -0.4 is 0 Å². The first-order chi connectivity index (χ1) is 5.83. The van der Waals surface area contributed by atoms with Crippen LogP contribution in [0.15, 0.2) is 41.0 Å². The molecule has 0 aliphatic heterocycles. The summed E-state index contributed by atoms with van der Waals surface area (Å²) in [5.41, 5.74) is 2.23. The van der Waals surface area contributed by atoms with Crippen molar-refractivity contribution in [3.63, 3.8) is 0 Å². The van der Waals surface area contributed by atoms with E-state index in [1.165, 1.54) is 5.56 Å². The fourth-order valence-corrected chi connectivity index (χ4v) is 1.03. The molecule has 1 nitrogen and oxygen atoms in total. The van der Waals surface area contributed by atoms with Crippen LogP contribution in [-0.2, 0) is 0 Å². The second-order valence-electron chi connectivity index (χ2n) is 2.58. The Morgan fingerprint density at radius 3 is 2.50 bits per heavy atom. The maximum Gasteiger partial charge on any atom is 0.0374 e. The molecule has 0 radical (unpaired) electrons. The van der Waals surface area contributed by atoms with Crippen LogP contribution in [0.5, 0.6) is 0 Å². The maximum atomic E-state index is 4.16. The van der Waals surface area contributed by atoms with Crippen LogP contribution in [0.1, 0.15) is 19.4 Å². The van der Waals surface area contributed by atoms with Crippen LogP contribution in [-0.4, -0.2) is 6.21 Å². The van der Waals surface area contributed by atoms with Crippen molar-refractivity contribution in [2.24, 2.45) is 4.99 Å². The number of nitrogens with zero attached hydrogens (tertiary/aromatic N) is 1. The zero-order chi connectivity index (χ0) is 8.81. The number of hydrogen-bond donors (Lipinski definition) is 0. The largest absolute Gasteiger partial charge is 0.266 e. The number of allylic oxidation sites excluding steroid dienone is 1. The van der Waals surface area contributed by atoms with Gasteiger partial charge in [0.2, 0.25) is 0 Å². The average Bonchev–Trinajstić information content (AvgIpc) is 2.06. The van der Waals surface area contributed by atoms with Gasteiger partial charge in [-0.15, -0.1) is 0 Å². The van der Waals surface area contributed by atoms with Gasteiger partial charge in [0.15, 0.2) is 0 Å². The Bertz CT molecular complexity index is 283. The zero-order valence-electron chi connectivity index (χ0n) is 7.49. The highest BCUT2D eigenvalue weighted by Crippen LogP contribution is 2.05. The van der Waals surface area contributed by atoms with Gasteiger partial charge in [-0.25, -0.2) is 0 Å². The van der Waals surface area contributed by atoms with E-state index in [2.05, 4.69) is 23.2 Å². The topological polar surface area (TPSA) is 12.4 Å². The molecule has 0 heterocycles. The summed E-state index contributed by atoms with van der Waals surface area (Å²) < 4.78 is 0. The summed E-state index contributed by atoms with van der Waals surface area (Å²) in [4.78, 5) is 4.16. The molecule has 0 N–H and O–H groups in total. The molecule has 0 aromatic heterocycles. The van der Waals surface area contributed by atoms with Crippen molar-refractivity contribution in [3.8, 4) is 0 Å². The third-order valence-corrected chi connectivity index (χ3v) is 1.51. The van der Waals surface area contributed by atoms with Crippen molar-refractivity contribution in [2.45, 2.75) is 13.8 Å². The summed E-state index contributed by atoms with van der Waals surface area (Å²) >= 11 is 0. The van der Waals surface area contributed by atoms with Gasteiger partial charge in [0.05, 0.1) is 0 Å². The maximum absolute atomic E-state index is 4.16. The highest BCUT2D eigenvalue weighted by molar-refractivity contribution is 5.59. The lowest BCUT2D eigenvalue weighted by atomic mass is 10.2. The molecule has 0 unspecified atom stereocenters. The lowest BCUT2D eigenvalue weighted by molar-refractivity contribution is 1.34. The van der Waals surface area contributed by atoms with E-state index in [4.69, 9.17) is 0 Å². The smallest absolute Gasteiger partial charge is 0.0374 e. The first kappa shape index (κ1) is 8.72. The minimum absolute atomic E-state index is 1.03. The molecule has 0 saturated heterocycles. The number of benzene rings is 1. The SMILES string of the molecule is CC=N/C(C)=C\c1ccccc1. The highest BCUT2D eigenvalue weighted by Gasteiger charge is 1.85. The predicted molar refractivity (Wildman–Crippen MR) is 54.3 cm³/mol. The lowest BCUT2D eigenvalue weighted by Crippen LogP contribution is -1.73. The normalized spacial score (nSPS) is 12.3. The van der Waals surface area contributed by atoms with E-state index in [0.29, 0.717) is 0 Å². The fraction of sp³-hybridized carbons (Fsp3) is 0.182. The molecule has 0 aliphatic carbocycles. The molecule has 1 aromatic rings. The summed E-state index contributed by atoms with van der Waals surface area (Å²) in [5, 5.41) is 0. The van der Waals surface area contributed by atoms with Crippen LogP contribution in [0.2, 0.25) is 0 Å². The Balaban J connectivity index is 2.81. The van der Waals surface area contributed by atoms with Crippen molar-refractivity contribution in [2.75, 3.05) is 0 Å². The van der Waals surface area contributed by atoms with Gasteiger partial charge < -0.3 is 0 Å². The van der Waals surface area contributed by atoms with Crippen LogP contribution in [0, 0.1) is 0 Å². The number of hydrogen-bond acceptors (Lipinski definition) is 1. The monoisotopic (exact) mass is 159 g/mol. The second kappa shape index (κ2) is 4.50. The highest BCUT2D eigenvalue weighted by atomic mass is 14.7. The third-order valence-electron chi connectivity index (χ3n) is 1.51. The van der Waals surface area contributed by atoms with E-state index in [0.717, 1.165) is 5.70 Å². The van der Waals surface area contributed by atoms with Crippen LogP contribution in [0.4, 0.5) is 0 Å². The molecule has 0 saturated carbocycles. The molecule has 62 valence electrons. The Morgan fingerprint density at radius 2 is 1.92 bits per heavy atom. The molecule has 0 spiro atoms. The van der Waals surface area contributed by atoms with E-state index >= 15 is 0 Å². The van der Waals surface area contributed by atoms with Crippen molar-refractivity contribution < 1.29 is 0 Å². The summed E-state index contributed by atoms with van der Waals surface area (Å²) in [5.74, 6) is 0. The number of aliphatic imine (C=N–C) groups is 1. The van der Waals surface area contributed by atoms with Crippen molar-refractivity contribution in [1.29, 1.82) is 0 Å². The zero-order valence-corrected chi connectivity index (χ0v) is 7.49. The molecule has 0 amide bonds. The molecular formula is C11H13N. The molecule has 0 bridgehead atoms. The molecule has 1 rings (SSSR count). The van der Waals surface area contributed by atoms with Gasteiger partial charge in [-0.3, -0.25) is 4.99 Å². The Kier molecular flexibility index (Phi) is 3.27. The van der Waals surface area contributed by atoms with Gasteiger partial charge >= 0.3 is 0 Å². The summed E-state index contributed by atoms with van der Waals surface area (Å²) in [7, 11) is 0. The standard InChI is InChI=1S/C11H13N/c1-3-12-10(2)9-11-7-5-4-6-8-11/h3-9H,1-2H3/b10-9-,12-3?. The molecule has 12 heavy (non-hydrogen) atoms. The Morgan fingerprint density at radius 1 is 1.25 bits per heavy atom. The van der Waals surface area contributed by atoms with Gasteiger partial charge in [0.1, 0.15) is 0 Å². The van der Waals surface area contributed by atoms with Crippen molar-refractivity contribution in [3.05, 3.63) is 41.6 Å². The minimum Gasteiger partial charge on any atom is -0.266 e. The van der Waals surface area contributed by atoms with Crippen molar-refractivity contribution >= 4 is 12.3 Å². The average molecular weight is 159 g/mol. The second-order valence-corrected chi connectivity index (χ2v) is 2.58. The molecule has 1 aromatic carbocycles. The molecule has 1 heteroatoms. The fourth-order valence-electron chi connectivity index (χ4n) is 1.03. The Labute approximate surface area is 73.5 Å². The van der Waals surface area contributed by atoms with E-state index in [9.17, 15) is 0 Å². The summed E-state index contributed by atoms with van der Waals surface area (Å²) in [6.07, 6.45) is 3.86. The first-order valence-electron chi connectivity index (χ1n) is 4.05. The molecule has 0 fully saturated rings. The number of rotatable bonds is 2. The molecular weight excluding hydrogens is 146 g/mol. The molecule has 0 aliphatic rings. The van der Waals surface area contributed by atoms with Crippen LogP contribution in [0.3, 0.4) is 0 Å². The van der Waals surface area contributed by atoms with E-state index in [1.807, 2.05) is 32.0 Å².